The average molecular weight is 196 g/mol. The van der Waals surface area contributed by atoms with Crippen LogP contribution in [0.4, 0.5) is 0 Å². The lowest BCUT2D eigenvalue weighted by atomic mass is 9.99. The number of allylic oxidation sites excluding steroid dienone is 2. The predicted molar refractivity (Wildman–Crippen MR) is 66.6 cm³/mol. The van der Waals surface area contributed by atoms with Gasteiger partial charge in [0.1, 0.15) is 0 Å². The van der Waals surface area contributed by atoms with Crippen LogP contribution in [0.3, 0.4) is 0 Å². The summed E-state index contributed by atoms with van der Waals surface area (Å²) in [5, 5.41) is 0. The highest BCUT2D eigenvalue weighted by atomic mass is 14.0. The molecular formula is C14H28. The topological polar surface area (TPSA) is 0 Å². The summed E-state index contributed by atoms with van der Waals surface area (Å²) in [5.41, 5.74) is 1.60. The molecule has 0 aromatic heterocycles. The molecule has 0 spiro atoms. The zero-order valence-corrected chi connectivity index (χ0v) is 10.6. The van der Waals surface area contributed by atoms with E-state index in [-0.39, 0.29) is 0 Å². The molecule has 1 unspecified atom stereocenters. The van der Waals surface area contributed by atoms with Crippen LogP contribution in [0.5, 0.6) is 0 Å². The monoisotopic (exact) mass is 196 g/mol. The minimum atomic E-state index is 0.788. The van der Waals surface area contributed by atoms with Gasteiger partial charge in [-0.1, -0.05) is 58.1 Å². The average Bonchev–Trinajstić information content (AvgIpc) is 2.15. The normalized spacial score (nSPS) is 14.4. The predicted octanol–water partition coefficient (Wildman–Crippen LogP) is 5.34. The van der Waals surface area contributed by atoms with E-state index < -0.39 is 0 Å². The molecule has 0 bridgehead atoms. The van der Waals surface area contributed by atoms with Crippen LogP contribution in [0, 0.1) is 5.92 Å². The molecule has 14 heavy (non-hydrogen) atoms. The van der Waals surface area contributed by atoms with Crippen LogP contribution in [0.25, 0.3) is 0 Å². The number of hydrogen-bond acceptors (Lipinski definition) is 0. The SMILES string of the molecule is CCCCCC(C)=CC(C)CCCC. The van der Waals surface area contributed by atoms with Gasteiger partial charge in [0.25, 0.3) is 0 Å². The van der Waals surface area contributed by atoms with E-state index in [0.29, 0.717) is 0 Å². The minimum Gasteiger partial charge on any atom is -0.0828 e. The Bertz CT molecular complexity index is 144. The molecule has 0 radical (unpaired) electrons. The Morgan fingerprint density at radius 3 is 2.29 bits per heavy atom. The molecule has 0 amide bonds. The van der Waals surface area contributed by atoms with Gasteiger partial charge >= 0.3 is 0 Å². The lowest BCUT2D eigenvalue weighted by molar-refractivity contribution is 0.591. The van der Waals surface area contributed by atoms with Gasteiger partial charge in [-0.05, 0) is 32.1 Å². The zero-order chi connectivity index (χ0) is 10.8. The molecule has 0 aromatic carbocycles. The van der Waals surface area contributed by atoms with Gasteiger partial charge in [-0.2, -0.15) is 0 Å². The summed E-state index contributed by atoms with van der Waals surface area (Å²) < 4.78 is 0. The van der Waals surface area contributed by atoms with Crippen LogP contribution in [-0.4, -0.2) is 0 Å². The third-order valence-electron chi connectivity index (χ3n) is 2.76. The van der Waals surface area contributed by atoms with E-state index in [1.54, 1.807) is 5.57 Å². The Morgan fingerprint density at radius 2 is 1.71 bits per heavy atom. The van der Waals surface area contributed by atoms with E-state index in [4.69, 9.17) is 0 Å². The third kappa shape index (κ3) is 8.34. The third-order valence-corrected chi connectivity index (χ3v) is 2.76. The second-order valence-electron chi connectivity index (χ2n) is 4.59. The van der Waals surface area contributed by atoms with Gasteiger partial charge in [-0.3, -0.25) is 0 Å². The lowest BCUT2D eigenvalue weighted by Crippen LogP contribution is -1.91. The zero-order valence-electron chi connectivity index (χ0n) is 10.6. The molecule has 0 heteroatoms. The van der Waals surface area contributed by atoms with Crippen molar-refractivity contribution in [2.24, 2.45) is 5.92 Å². The molecule has 0 saturated carbocycles. The van der Waals surface area contributed by atoms with E-state index in [1.165, 1.54) is 44.9 Å². The van der Waals surface area contributed by atoms with E-state index in [0.717, 1.165) is 5.92 Å². The van der Waals surface area contributed by atoms with Gasteiger partial charge in [0, 0.05) is 0 Å². The molecule has 0 aliphatic carbocycles. The Balaban J connectivity index is 3.61. The van der Waals surface area contributed by atoms with Crippen molar-refractivity contribution in [3.63, 3.8) is 0 Å². The molecule has 1 atom stereocenters. The lowest BCUT2D eigenvalue weighted by Gasteiger charge is -2.07. The fourth-order valence-electron chi connectivity index (χ4n) is 1.83. The maximum atomic E-state index is 2.48. The summed E-state index contributed by atoms with van der Waals surface area (Å²) in [6.07, 6.45) is 11.9. The molecule has 0 heterocycles. The van der Waals surface area contributed by atoms with Crippen molar-refractivity contribution >= 4 is 0 Å². The van der Waals surface area contributed by atoms with E-state index in [2.05, 4.69) is 33.8 Å². The maximum Gasteiger partial charge on any atom is -0.0259 e. The number of rotatable bonds is 8. The van der Waals surface area contributed by atoms with Crippen LogP contribution in [-0.2, 0) is 0 Å². The van der Waals surface area contributed by atoms with Gasteiger partial charge < -0.3 is 0 Å². The fraction of sp³-hybridized carbons (Fsp3) is 0.857. The molecule has 84 valence electrons. The van der Waals surface area contributed by atoms with Gasteiger partial charge in [-0.25, -0.2) is 0 Å². The molecule has 0 saturated heterocycles. The van der Waals surface area contributed by atoms with E-state index in [1.807, 2.05) is 0 Å². The van der Waals surface area contributed by atoms with Crippen LogP contribution in [0.15, 0.2) is 11.6 Å². The summed E-state index contributed by atoms with van der Waals surface area (Å²) in [6, 6.07) is 0. The highest BCUT2D eigenvalue weighted by molar-refractivity contribution is 5.00. The molecule has 0 rings (SSSR count). The second-order valence-corrected chi connectivity index (χ2v) is 4.59. The largest absolute Gasteiger partial charge is 0.0828 e. The van der Waals surface area contributed by atoms with Crippen molar-refractivity contribution in [2.75, 3.05) is 0 Å². The Labute approximate surface area is 90.8 Å². The molecular weight excluding hydrogens is 168 g/mol. The summed E-state index contributed by atoms with van der Waals surface area (Å²) in [5.74, 6) is 0.788. The van der Waals surface area contributed by atoms with Crippen LogP contribution < -0.4 is 0 Å². The van der Waals surface area contributed by atoms with Crippen LogP contribution >= 0.6 is 0 Å². The van der Waals surface area contributed by atoms with Crippen molar-refractivity contribution in [3.8, 4) is 0 Å². The van der Waals surface area contributed by atoms with Crippen molar-refractivity contribution in [3.05, 3.63) is 11.6 Å². The Morgan fingerprint density at radius 1 is 1.07 bits per heavy atom. The first kappa shape index (κ1) is 13.7. The minimum absolute atomic E-state index is 0.788. The Kier molecular flexibility index (Phi) is 9.13. The quantitative estimate of drug-likeness (QED) is 0.363. The molecule has 0 aromatic rings. The van der Waals surface area contributed by atoms with Gasteiger partial charge in [0.2, 0.25) is 0 Å². The summed E-state index contributed by atoms with van der Waals surface area (Å²) >= 11 is 0. The van der Waals surface area contributed by atoms with E-state index >= 15 is 0 Å². The number of unbranched alkanes of at least 4 members (excludes halogenated alkanes) is 3. The first-order valence-electron chi connectivity index (χ1n) is 6.38. The molecule has 0 nitrogen and oxygen atoms in total. The summed E-state index contributed by atoms with van der Waals surface area (Å²) in [4.78, 5) is 0. The van der Waals surface area contributed by atoms with Crippen LogP contribution in [0.2, 0.25) is 0 Å². The van der Waals surface area contributed by atoms with Crippen molar-refractivity contribution in [1.82, 2.24) is 0 Å². The van der Waals surface area contributed by atoms with Crippen molar-refractivity contribution in [1.29, 1.82) is 0 Å². The standard InChI is InChI=1S/C14H28/c1-5-7-9-11-14(4)12-13(3)10-8-6-2/h12-13H,5-11H2,1-4H3. The van der Waals surface area contributed by atoms with Gasteiger partial charge in [-0.15, -0.1) is 0 Å². The van der Waals surface area contributed by atoms with Gasteiger partial charge in [0.15, 0.2) is 0 Å². The first-order valence-corrected chi connectivity index (χ1v) is 6.38. The fourth-order valence-corrected chi connectivity index (χ4v) is 1.83. The van der Waals surface area contributed by atoms with Crippen LogP contribution in [0.1, 0.15) is 72.6 Å². The smallest absolute Gasteiger partial charge is 0.0259 e. The van der Waals surface area contributed by atoms with Crippen molar-refractivity contribution < 1.29 is 0 Å². The molecule has 0 aliphatic rings. The number of hydrogen-bond donors (Lipinski definition) is 0. The second kappa shape index (κ2) is 9.30. The maximum absolute atomic E-state index is 2.48. The van der Waals surface area contributed by atoms with E-state index in [9.17, 15) is 0 Å². The molecule has 0 fully saturated rings. The highest BCUT2D eigenvalue weighted by Crippen LogP contribution is 2.15. The molecule has 0 N–H and O–H groups in total. The summed E-state index contributed by atoms with van der Waals surface area (Å²) in [7, 11) is 0. The summed E-state index contributed by atoms with van der Waals surface area (Å²) in [6.45, 7) is 9.17. The molecule has 0 aliphatic heterocycles. The Hall–Kier alpha value is -0.260. The highest BCUT2D eigenvalue weighted by Gasteiger charge is 1.98. The van der Waals surface area contributed by atoms with Gasteiger partial charge in [0.05, 0.1) is 0 Å². The van der Waals surface area contributed by atoms with Crippen molar-refractivity contribution in [2.45, 2.75) is 72.6 Å². The first-order chi connectivity index (χ1) is 6.70.